The summed E-state index contributed by atoms with van der Waals surface area (Å²) in [5.74, 6) is -0.122. The van der Waals surface area contributed by atoms with Crippen LogP contribution in [0.1, 0.15) is 38.2 Å². The van der Waals surface area contributed by atoms with Crippen LogP contribution in [0.5, 0.6) is 0 Å². The number of primary sulfonamides is 1. The first-order valence-electron chi connectivity index (χ1n) is 8.85. The van der Waals surface area contributed by atoms with Crippen LogP contribution in [0.2, 0.25) is 0 Å². The minimum absolute atomic E-state index is 0.0561. The lowest BCUT2D eigenvalue weighted by atomic mass is 10.2. The van der Waals surface area contributed by atoms with E-state index in [1.807, 2.05) is 6.92 Å². The predicted octanol–water partition coefficient (Wildman–Crippen LogP) is 1.72. The van der Waals surface area contributed by atoms with Crippen molar-refractivity contribution in [3.8, 4) is 0 Å². The first kappa shape index (κ1) is 22.6. The highest BCUT2D eigenvalue weighted by Gasteiger charge is 2.05. The van der Waals surface area contributed by atoms with Crippen LogP contribution in [-0.2, 0) is 19.6 Å². The Kier molecular flexibility index (Phi) is 10.1. The van der Waals surface area contributed by atoms with Gasteiger partial charge in [-0.2, -0.15) is 0 Å². The van der Waals surface area contributed by atoms with Crippen LogP contribution in [0.3, 0.4) is 0 Å². The molecule has 0 aliphatic carbocycles. The highest BCUT2D eigenvalue weighted by Crippen LogP contribution is 2.09. The third kappa shape index (κ3) is 10.3. The van der Waals surface area contributed by atoms with Gasteiger partial charge in [-0.25, -0.2) is 13.6 Å². The molecular formula is C19H27N3O4S. The van der Waals surface area contributed by atoms with E-state index < -0.39 is 10.0 Å². The first-order valence-corrected chi connectivity index (χ1v) is 10.4. The van der Waals surface area contributed by atoms with Crippen LogP contribution < -0.4 is 15.8 Å². The molecule has 0 heterocycles. The van der Waals surface area contributed by atoms with E-state index in [2.05, 4.69) is 10.6 Å². The molecule has 0 radical (unpaired) electrons. The van der Waals surface area contributed by atoms with Gasteiger partial charge in [-0.15, -0.1) is 0 Å². The molecule has 0 spiro atoms. The number of amides is 2. The van der Waals surface area contributed by atoms with E-state index in [1.54, 1.807) is 30.4 Å². The SMILES string of the molecule is CCNC(=O)CCCCCNC(=O)/C=C/C=C/c1ccc(S(N)(=O)=O)cc1. The van der Waals surface area contributed by atoms with E-state index in [1.165, 1.54) is 18.2 Å². The number of sulfonamides is 1. The number of carbonyl (C=O) groups excluding carboxylic acids is 2. The monoisotopic (exact) mass is 393 g/mol. The number of unbranched alkanes of at least 4 members (excludes halogenated alkanes) is 2. The van der Waals surface area contributed by atoms with E-state index in [9.17, 15) is 18.0 Å². The summed E-state index contributed by atoms with van der Waals surface area (Å²) in [7, 11) is -3.69. The molecule has 1 rings (SSSR count). The van der Waals surface area contributed by atoms with Crippen LogP contribution in [0, 0.1) is 0 Å². The van der Waals surface area contributed by atoms with Crippen molar-refractivity contribution < 1.29 is 18.0 Å². The molecule has 2 amide bonds. The molecule has 1 aromatic rings. The highest BCUT2D eigenvalue weighted by atomic mass is 32.2. The second-order valence-electron chi connectivity index (χ2n) is 5.89. The second-order valence-corrected chi connectivity index (χ2v) is 7.45. The summed E-state index contributed by atoms with van der Waals surface area (Å²) in [5, 5.41) is 10.6. The average molecular weight is 394 g/mol. The third-order valence-corrected chi connectivity index (χ3v) is 4.54. The Morgan fingerprint density at radius 2 is 1.74 bits per heavy atom. The van der Waals surface area contributed by atoms with Crippen LogP contribution in [0.15, 0.2) is 47.4 Å². The van der Waals surface area contributed by atoms with Crippen molar-refractivity contribution in [1.29, 1.82) is 0 Å². The average Bonchev–Trinajstić information content (AvgIpc) is 2.61. The van der Waals surface area contributed by atoms with Gasteiger partial charge in [-0.3, -0.25) is 9.59 Å². The van der Waals surface area contributed by atoms with E-state index >= 15 is 0 Å². The molecule has 0 fully saturated rings. The van der Waals surface area contributed by atoms with E-state index in [4.69, 9.17) is 5.14 Å². The summed E-state index contributed by atoms with van der Waals surface area (Å²) in [6.45, 7) is 3.11. The smallest absolute Gasteiger partial charge is 0.243 e. The van der Waals surface area contributed by atoms with E-state index in [0.717, 1.165) is 24.8 Å². The number of benzene rings is 1. The zero-order chi connectivity index (χ0) is 20.1. The lowest BCUT2D eigenvalue weighted by Gasteiger charge is -2.03. The molecule has 8 heteroatoms. The quantitative estimate of drug-likeness (QED) is 0.301. The first-order chi connectivity index (χ1) is 12.8. The molecule has 0 unspecified atom stereocenters. The number of nitrogens with two attached hydrogens (primary N) is 1. The van der Waals surface area contributed by atoms with Crippen molar-refractivity contribution in [2.45, 2.75) is 37.5 Å². The van der Waals surface area contributed by atoms with Gasteiger partial charge < -0.3 is 10.6 Å². The zero-order valence-electron chi connectivity index (χ0n) is 15.5. The third-order valence-electron chi connectivity index (χ3n) is 3.61. The molecular weight excluding hydrogens is 366 g/mol. The van der Waals surface area contributed by atoms with Crippen molar-refractivity contribution in [2.75, 3.05) is 13.1 Å². The van der Waals surface area contributed by atoms with Crippen LogP contribution >= 0.6 is 0 Å². The Hall–Kier alpha value is -2.45. The standard InChI is InChI=1S/C19H27N3O4S/c1-2-21-18(23)9-4-3-7-15-22-19(24)10-6-5-8-16-11-13-17(14-12-16)27(20,25)26/h5-6,8,10-14H,2-4,7,9,15H2,1H3,(H,21,23)(H,22,24)(H2,20,25,26)/b8-5+,10-6+. The van der Waals surface area contributed by atoms with Crippen LogP contribution in [-0.4, -0.2) is 33.3 Å². The fraction of sp³-hybridized carbons (Fsp3) is 0.368. The summed E-state index contributed by atoms with van der Waals surface area (Å²) >= 11 is 0. The zero-order valence-corrected chi connectivity index (χ0v) is 16.3. The summed E-state index contributed by atoms with van der Waals surface area (Å²) < 4.78 is 22.3. The topological polar surface area (TPSA) is 118 Å². The molecule has 0 saturated heterocycles. The highest BCUT2D eigenvalue weighted by molar-refractivity contribution is 7.89. The number of carbonyl (C=O) groups is 2. The summed E-state index contributed by atoms with van der Waals surface area (Å²) in [4.78, 5) is 23.0. The minimum atomic E-state index is -3.69. The van der Waals surface area contributed by atoms with Crippen LogP contribution in [0.4, 0.5) is 0 Å². The summed E-state index contributed by atoms with van der Waals surface area (Å²) in [6.07, 6.45) is 9.51. The number of allylic oxidation sites excluding steroid dienone is 2. The number of hydrogen-bond donors (Lipinski definition) is 3. The maximum atomic E-state index is 11.7. The number of nitrogens with one attached hydrogen (secondary N) is 2. The van der Waals surface area contributed by atoms with Gasteiger partial charge in [0, 0.05) is 25.6 Å². The molecule has 1 aromatic carbocycles. The fourth-order valence-corrected chi connectivity index (χ4v) is 2.74. The molecule has 0 aliphatic rings. The number of hydrogen-bond acceptors (Lipinski definition) is 4. The normalized spacial score (nSPS) is 11.8. The van der Waals surface area contributed by atoms with Crippen molar-refractivity contribution in [3.63, 3.8) is 0 Å². The molecule has 0 aromatic heterocycles. The fourth-order valence-electron chi connectivity index (χ4n) is 2.22. The molecule has 0 aliphatic heterocycles. The molecule has 148 valence electrons. The second kappa shape index (κ2) is 12.0. The molecule has 0 atom stereocenters. The predicted molar refractivity (Wildman–Crippen MR) is 106 cm³/mol. The maximum Gasteiger partial charge on any atom is 0.243 e. The minimum Gasteiger partial charge on any atom is -0.356 e. The Bertz CT molecular complexity index is 769. The maximum absolute atomic E-state index is 11.7. The lowest BCUT2D eigenvalue weighted by Crippen LogP contribution is -2.23. The Morgan fingerprint density at radius 1 is 1.04 bits per heavy atom. The number of rotatable bonds is 11. The molecule has 4 N–H and O–H groups in total. The van der Waals surface area contributed by atoms with Crippen molar-refractivity contribution in [2.24, 2.45) is 5.14 Å². The lowest BCUT2D eigenvalue weighted by molar-refractivity contribution is -0.121. The Morgan fingerprint density at radius 3 is 2.37 bits per heavy atom. The van der Waals surface area contributed by atoms with E-state index in [0.29, 0.717) is 19.5 Å². The largest absolute Gasteiger partial charge is 0.356 e. The van der Waals surface area contributed by atoms with E-state index in [-0.39, 0.29) is 16.7 Å². The van der Waals surface area contributed by atoms with Gasteiger partial charge in [0.15, 0.2) is 0 Å². The molecule has 0 bridgehead atoms. The van der Waals surface area contributed by atoms with Gasteiger partial charge in [-0.05, 0) is 37.5 Å². The van der Waals surface area contributed by atoms with Crippen molar-refractivity contribution >= 4 is 27.9 Å². The summed E-state index contributed by atoms with van der Waals surface area (Å²) in [5.41, 5.74) is 0.791. The Labute approximate surface area is 160 Å². The van der Waals surface area contributed by atoms with Crippen LogP contribution in [0.25, 0.3) is 6.08 Å². The van der Waals surface area contributed by atoms with Gasteiger partial charge in [0.05, 0.1) is 4.90 Å². The van der Waals surface area contributed by atoms with Gasteiger partial charge in [0.1, 0.15) is 0 Å². The van der Waals surface area contributed by atoms with Gasteiger partial charge in [0.2, 0.25) is 21.8 Å². The molecule has 7 nitrogen and oxygen atoms in total. The van der Waals surface area contributed by atoms with Gasteiger partial charge in [0.25, 0.3) is 0 Å². The van der Waals surface area contributed by atoms with Gasteiger partial charge >= 0.3 is 0 Å². The molecule has 0 saturated carbocycles. The molecule has 27 heavy (non-hydrogen) atoms. The summed E-state index contributed by atoms with van der Waals surface area (Å²) in [6, 6.07) is 6.12. The Balaban J connectivity index is 2.24. The van der Waals surface area contributed by atoms with Gasteiger partial charge in [-0.1, -0.05) is 36.8 Å². The van der Waals surface area contributed by atoms with Crippen molar-refractivity contribution in [1.82, 2.24) is 10.6 Å². The van der Waals surface area contributed by atoms with Crippen molar-refractivity contribution in [3.05, 3.63) is 48.1 Å².